The molecule has 2 fully saturated rings. The smallest absolute Gasteiger partial charge is 0.240 e. The molecule has 0 aliphatic carbocycles. The third-order valence-corrected chi connectivity index (χ3v) is 3.63. The van der Waals surface area contributed by atoms with Crippen molar-refractivity contribution in [1.82, 2.24) is 10.6 Å². The summed E-state index contributed by atoms with van der Waals surface area (Å²) in [4.78, 5) is 12.1. The van der Waals surface area contributed by atoms with Gasteiger partial charge in [-0.1, -0.05) is 0 Å². The number of morpholine rings is 1. The minimum Gasteiger partial charge on any atom is -0.378 e. The topological polar surface area (TPSA) is 59.6 Å². The molecule has 2 aliphatic heterocycles. The molecule has 19 heavy (non-hydrogen) atoms. The van der Waals surface area contributed by atoms with Crippen LogP contribution < -0.4 is 10.6 Å². The van der Waals surface area contributed by atoms with Gasteiger partial charge in [0.15, 0.2) is 0 Å². The lowest BCUT2D eigenvalue weighted by Crippen LogP contribution is -2.56. The van der Waals surface area contributed by atoms with E-state index < -0.39 is 0 Å². The molecule has 4 atom stereocenters. The van der Waals surface area contributed by atoms with Crippen molar-refractivity contribution in [3.63, 3.8) is 0 Å². The van der Waals surface area contributed by atoms with E-state index in [-0.39, 0.29) is 36.5 Å². The van der Waals surface area contributed by atoms with Crippen molar-refractivity contribution >= 4 is 18.3 Å². The van der Waals surface area contributed by atoms with Crippen LogP contribution in [0.1, 0.15) is 33.1 Å². The first-order valence-electron chi connectivity index (χ1n) is 6.94. The van der Waals surface area contributed by atoms with Gasteiger partial charge in [0.1, 0.15) is 6.04 Å². The van der Waals surface area contributed by atoms with E-state index in [1.165, 1.54) is 0 Å². The predicted octanol–water partition coefficient (Wildman–Crippen LogP) is 0.859. The van der Waals surface area contributed by atoms with Crippen LogP contribution in [0.15, 0.2) is 0 Å². The second-order valence-corrected chi connectivity index (χ2v) is 5.29. The van der Waals surface area contributed by atoms with Crippen LogP contribution in [0.25, 0.3) is 0 Å². The van der Waals surface area contributed by atoms with Crippen molar-refractivity contribution in [2.24, 2.45) is 0 Å². The van der Waals surface area contributed by atoms with Crippen LogP contribution in [0.2, 0.25) is 0 Å². The van der Waals surface area contributed by atoms with E-state index in [0.717, 1.165) is 32.4 Å². The third-order valence-electron chi connectivity index (χ3n) is 3.63. The Labute approximate surface area is 121 Å². The van der Waals surface area contributed by atoms with Crippen molar-refractivity contribution < 1.29 is 14.3 Å². The fourth-order valence-corrected chi connectivity index (χ4v) is 2.64. The molecule has 2 unspecified atom stereocenters. The summed E-state index contributed by atoms with van der Waals surface area (Å²) < 4.78 is 11.1. The number of carbonyl (C=O) groups is 1. The molecule has 0 aromatic heterocycles. The van der Waals surface area contributed by atoms with E-state index in [0.29, 0.717) is 12.7 Å². The highest BCUT2D eigenvalue weighted by Gasteiger charge is 2.29. The number of hydrogen-bond acceptors (Lipinski definition) is 4. The summed E-state index contributed by atoms with van der Waals surface area (Å²) in [5.74, 6) is 0.0349. The first kappa shape index (κ1) is 16.7. The average molecular weight is 293 g/mol. The number of carbonyl (C=O) groups excluding carboxylic acids is 1. The highest BCUT2D eigenvalue weighted by Crippen LogP contribution is 2.17. The Morgan fingerprint density at radius 2 is 2.21 bits per heavy atom. The molecule has 0 spiro atoms. The number of halogens is 1. The summed E-state index contributed by atoms with van der Waals surface area (Å²) in [6.07, 6.45) is 3.40. The van der Waals surface area contributed by atoms with Crippen LogP contribution >= 0.6 is 12.4 Å². The fraction of sp³-hybridized carbons (Fsp3) is 0.923. The molecule has 0 saturated carbocycles. The predicted molar refractivity (Wildman–Crippen MR) is 75.6 cm³/mol. The molecular formula is C13H25ClN2O3. The Morgan fingerprint density at radius 3 is 2.84 bits per heavy atom. The van der Waals surface area contributed by atoms with Crippen molar-refractivity contribution in [1.29, 1.82) is 0 Å². The Kier molecular flexibility index (Phi) is 7.07. The molecule has 0 aromatic rings. The molecule has 2 rings (SSSR count). The number of rotatable bonds is 4. The molecule has 0 bridgehead atoms. The SMILES string of the molecule is CC(CC1CCCO1)NC(=O)[C@H]1NCCO[C@@H]1C.Cl. The summed E-state index contributed by atoms with van der Waals surface area (Å²) in [5, 5.41) is 6.24. The van der Waals surface area contributed by atoms with Gasteiger partial charge in [0.05, 0.1) is 18.8 Å². The maximum absolute atomic E-state index is 12.1. The maximum atomic E-state index is 12.1. The van der Waals surface area contributed by atoms with E-state index in [1.54, 1.807) is 0 Å². The Morgan fingerprint density at radius 1 is 1.42 bits per heavy atom. The lowest BCUT2D eigenvalue weighted by atomic mass is 10.1. The van der Waals surface area contributed by atoms with Gasteiger partial charge in [-0.3, -0.25) is 4.79 Å². The van der Waals surface area contributed by atoms with Crippen LogP contribution in [0, 0.1) is 0 Å². The van der Waals surface area contributed by atoms with Gasteiger partial charge in [0.2, 0.25) is 5.91 Å². The summed E-state index contributed by atoms with van der Waals surface area (Å²) >= 11 is 0. The fourth-order valence-electron chi connectivity index (χ4n) is 2.64. The molecule has 2 heterocycles. The van der Waals surface area contributed by atoms with E-state index in [9.17, 15) is 4.79 Å². The maximum Gasteiger partial charge on any atom is 0.240 e. The summed E-state index contributed by atoms with van der Waals surface area (Å²) in [5.41, 5.74) is 0. The van der Waals surface area contributed by atoms with Crippen molar-refractivity contribution in [2.75, 3.05) is 19.8 Å². The van der Waals surface area contributed by atoms with E-state index in [2.05, 4.69) is 10.6 Å². The van der Waals surface area contributed by atoms with E-state index >= 15 is 0 Å². The molecule has 2 saturated heterocycles. The number of hydrogen-bond donors (Lipinski definition) is 2. The molecule has 6 heteroatoms. The van der Waals surface area contributed by atoms with E-state index in [1.807, 2.05) is 13.8 Å². The molecule has 0 radical (unpaired) electrons. The highest BCUT2D eigenvalue weighted by molar-refractivity contribution is 5.85. The first-order valence-corrected chi connectivity index (χ1v) is 6.94. The van der Waals surface area contributed by atoms with Crippen molar-refractivity contribution in [3.8, 4) is 0 Å². The van der Waals surface area contributed by atoms with Gasteiger partial charge in [-0.15, -0.1) is 12.4 Å². The summed E-state index contributed by atoms with van der Waals surface area (Å²) in [7, 11) is 0. The average Bonchev–Trinajstić information content (AvgIpc) is 2.82. The van der Waals surface area contributed by atoms with Gasteiger partial charge in [-0.05, 0) is 33.1 Å². The van der Waals surface area contributed by atoms with E-state index in [4.69, 9.17) is 9.47 Å². The van der Waals surface area contributed by atoms with Crippen molar-refractivity contribution in [3.05, 3.63) is 0 Å². The van der Waals surface area contributed by atoms with Crippen LogP contribution in [0.4, 0.5) is 0 Å². The monoisotopic (exact) mass is 292 g/mol. The van der Waals surface area contributed by atoms with Crippen LogP contribution in [0.5, 0.6) is 0 Å². The summed E-state index contributed by atoms with van der Waals surface area (Å²) in [6, 6.07) is -0.0813. The van der Waals surface area contributed by atoms with Gasteiger partial charge in [-0.25, -0.2) is 0 Å². The third kappa shape index (κ3) is 4.91. The number of ether oxygens (including phenoxy) is 2. The lowest BCUT2D eigenvalue weighted by molar-refractivity contribution is -0.129. The van der Waals surface area contributed by atoms with Gasteiger partial charge in [-0.2, -0.15) is 0 Å². The Balaban J connectivity index is 0.00000180. The number of amides is 1. The van der Waals surface area contributed by atoms with Crippen LogP contribution in [-0.4, -0.2) is 50.0 Å². The van der Waals surface area contributed by atoms with Crippen LogP contribution in [-0.2, 0) is 14.3 Å². The molecule has 2 N–H and O–H groups in total. The minimum absolute atomic E-state index is 0. The standard InChI is InChI=1S/C13H24N2O3.ClH/c1-9(8-11-4-3-6-18-11)15-13(16)12-10(2)17-7-5-14-12;/h9-12,14H,3-8H2,1-2H3,(H,15,16);1H/t9?,10-,11?,12+;/m1./s1. The summed E-state index contributed by atoms with van der Waals surface area (Å²) in [6.45, 7) is 6.24. The van der Waals surface area contributed by atoms with Gasteiger partial charge < -0.3 is 20.1 Å². The molecule has 2 aliphatic rings. The quantitative estimate of drug-likeness (QED) is 0.807. The van der Waals surface area contributed by atoms with Crippen molar-refractivity contribution in [2.45, 2.75) is 57.4 Å². The Bertz CT molecular complexity index is 285. The Hall–Kier alpha value is -0.360. The molecule has 1 amide bonds. The highest BCUT2D eigenvalue weighted by atomic mass is 35.5. The second kappa shape index (κ2) is 8.04. The lowest BCUT2D eigenvalue weighted by Gasteiger charge is -2.30. The molecule has 5 nitrogen and oxygen atoms in total. The zero-order chi connectivity index (χ0) is 13.0. The van der Waals surface area contributed by atoms with Crippen LogP contribution in [0.3, 0.4) is 0 Å². The minimum atomic E-state index is -0.231. The number of nitrogens with one attached hydrogen (secondary N) is 2. The van der Waals surface area contributed by atoms with Gasteiger partial charge in [0, 0.05) is 19.2 Å². The van der Waals surface area contributed by atoms with Gasteiger partial charge >= 0.3 is 0 Å². The molecule has 0 aromatic carbocycles. The second-order valence-electron chi connectivity index (χ2n) is 5.29. The zero-order valence-electron chi connectivity index (χ0n) is 11.7. The molecular weight excluding hydrogens is 268 g/mol. The largest absolute Gasteiger partial charge is 0.378 e. The first-order chi connectivity index (χ1) is 8.66. The van der Waals surface area contributed by atoms with Gasteiger partial charge in [0.25, 0.3) is 0 Å². The zero-order valence-corrected chi connectivity index (χ0v) is 12.5. The normalized spacial score (nSPS) is 32.4. The molecule has 112 valence electrons.